The van der Waals surface area contributed by atoms with Crippen molar-refractivity contribution in [1.82, 2.24) is 5.32 Å². The molecule has 4 aromatic rings. The molecule has 1 saturated heterocycles. The Morgan fingerprint density at radius 1 is 0.587 bits per heavy atom. The maximum Gasteiger partial charge on any atom is 0.274 e. The van der Waals surface area contributed by atoms with Crippen LogP contribution in [0.3, 0.4) is 0 Å². The lowest BCUT2D eigenvalue weighted by Crippen LogP contribution is -2.66. The van der Waals surface area contributed by atoms with Crippen LogP contribution in [0.2, 0.25) is 0 Å². The summed E-state index contributed by atoms with van der Waals surface area (Å²) >= 11 is 17.9. The molecule has 1 fully saturated rings. The second kappa shape index (κ2) is 17.3. The molecule has 242 valence electrons. The highest BCUT2D eigenvalue weighted by molar-refractivity contribution is 6.76. The highest BCUT2D eigenvalue weighted by Gasteiger charge is 2.50. The zero-order chi connectivity index (χ0) is 32.2. The molecule has 1 heterocycles. The minimum atomic E-state index is -2.23. The van der Waals surface area contributed by atoms with E-state index in [1.54, 1.807) is 0 Å². The lowest BCUT2D eigenvalue weighted by molar-refractivity contribution is -0.277. The summed E-state index contributed by atoms with van der Waals surface area (Å²) in [5.74, 6) is -0.856. The molecule has 1 amide bonds. The van der Waals surface area contributed by atoms with Crippen LogP contribution in [-0.2, 0) is 54.9 Å². The quantitative estimate of drug-likeness (QED) is 0.142. The van der Waals surface area contributed by atoms with E-state index in [-0.39, 0.29) is 26.4 Å². The van der Waals surface area contributed by atoms with Crippen molar-refractivity contribution in [2.24, 2.45) is 0 Å². The summed E-state index contributed by atoms with van der Waals surface area (Å²) in [6, 6.07) is 39.1. The molecule has 10 heteroatoms. The molecule has 1 aliphatic heterocycles. The molecule has 0 saturated carbocycles. The number of hydrogen-bond acceptors (Lipinski definition) is 6. The van der Waals surface area contributed by atoms with E-state index < -0.39 is 40.3 Å². The number of carbonyl (C=O) groups is 1. The van der Waals surface area contributed by atoms with Crippen LogP contribution in [0.25, 0.3) is 0 Å². The van der Waals surface area contributed by atoms with Gasteiger partial charge in [-0.1, -0.05) is 156 Å². The second-order valence-electron chi connectivity index (χ2n) is 10.9. The van der Waals surface area contributed by atoms with Gasteiger partial charge in [-0.15, -0.1) is 0 Å². The zero-order valence-corrected chi connectivity index (χ0v) is 27.3. The minimum Gasteiger partial charge on any atom is -0.374 e. The van der Waals surface area contributed by atoms with Gasteiger partial charge in [0, 0.05) is 0 Å². The first kappa shape index (κ1) is 34.4. The molecule has 4 aromatic carbocycles. The Hall–Kier alpha value is -2.98. The van der Waals surface area contributed by atoms with E-state index in [1.165, 1.54) is 0 Å². The van der Waals surface area contributed by atoms with Gasteiger partial charge >= 0.3 is 0 Å². The summed E-state index contributed by atoms with van der Waals surface area (Å²) in [4.78, 5) is 13.0. The van der Waals surface area contributed by atoms with Gasteiger partial charge in [-0.05, 0) is 22.3 Å². The van der Waals surface area contributed by atoms with Crippen molar-refractivity contribution in [3.05, 3.63) is 144 Å². The number of nitrogens with one attached hydrogen (secondary N) is 1. The number of alkyl halides is 3. The first-order valence-electron chi connectivity index (χ1n) is 15.0. The molecular weight excluding hydrogens is 649 g/mol. The summed E-state index contributed by atoms with van der Waals surface area (Å²) in [5.41, 5.74) is 3.85. The fourth-order valence-electron chi connectivity index (χ4n) is 5.12. The Bertz CT molecular complexity index is 1460. The highest BCUT2D eigenvalue weighted by Crippen LogP contribution is 2.32. The van der Waals surface area contributed by atoms with Crippen molar-refractivity contribution >= 4 is 40.7 Å². The van der Waals surface area contributed by atoms with Gasteiger partial charge in [0.25, 0.3) is 9.70 Å². The van der Waals surface area contributed by atoms with Gasteiger partial charge in [0.05, 0.1) is 33.0 Å². The molecule has 7 nitrogen and oxygen atoms in total. The van der Waals surface area contributed by atoms with Crippen LogP contribution in [0.1, 0.15) is 22.3 Å². The normalized spacial score (nSPS) is 21.5. The smallest absolute Gasteiger partial charge is 0.274 e. The third-order valence-electron chi connectivity index (χ3n) is 7.41. The third kappa shape index (κ3) is 10.3. The largest absolute Gasteiger partial charge is 0.374 e. The first-order valence-corrected chi connectivity index (χ1v) is 16.1. The number of rotatable bonds is 14. The van der Waals surface area contributed by atoms with Gasteiger partial charge in [-0.3, -0.25) is 4.79 Å². The van der Waals surface area contributed by atoms with E-state index >= 15 is 0 Å². The lowest BCUT2D eigenvalue weighted by atomic mass is 9.96. The molecule has 0 aliphatic carbocycles. The standard InChI is InChI=1S/C36H36Cl3NO6/c37-36(38,39)35(41)40-34-33(45-24-29-19-11-4-12-20-29)32(44-23-28-17-9-3-10-18-28)31(43-22-27-15-7-2-8-16-27)30(46-34)25-42-21-26-13-5-1-6-14-26/h1-20,30-34H,21-25H2,(H,40,41)/t30-,31-,32+,33+,34-/m1/s1. The van der Waals surface area contributed by atoms with Gasteiger partial charge in [0.1, 0.15) is 24.4 Å². The van der Waals surface area contributed by atoms with Crippen LogP contribution in [-0.4, -0.2) is 47.0 Å². The van der Waals surface area contributed by atoms with Crippen molar-refractivity contribution < 1.29 is 28.5 Å². The first-order chi connectivity index (χ1) is 22.4. The number of halogens is 3. The molecule has 0 bridgehead atoms. The Morgan fingerprint density at radius 2 is 0.978 bits per heavy atom. The van der Waals surface area contributed by atoms with E-state index in [0.29, 0.717) is 6.61 Å². The molecule has 0 aromatic heterocycles. The van der Waals surface area contributed by atoms with Gasteiger partial charge in [0.2, 0.25) is 0 Å². The maximum absolute atomic E-state index is 13.0. The summed E-state index contributed by atoms with van der Waals surface area (Å²) in [6.07, 6.45) is -4.00. The van der Waals surface area contributed by atoms with E-state index in [4.69, 9.17) is 58.5 Å². The Kier molecular flexibility index (Phi) is 12.9. The minimum absolute atomic E-state index is 0.130. The molecule has 0 unspecified atom stereocenters. The number of ether oxygens (including phenoxy) is 5. The molecule has 1 N–H and O–H groups in total. The molecule has 0 spiro atoms. The molecule has 5 rings (SSSR count). The molecule has 1 aliphatic rings. The summed E-state index contributed by atoms with van der Waals surface area (Å²) in [7, 11) is 0. The average Bonchev–Trinajstić information content (AvgIpc) is 3.07. The van der Waals surface area contributed by atoms with Crippen molar-refractivity contribution in [2.75, 3.05) is 6.61 Å². The van der Waals surface area contributed by atoms with Crippen molar-refractivity contribution in [1.29, 1.82) is 0 Å². The second-order valence-corrected chi connectivity index (χ2v) is 13.1. The number of benzene rings is 4. The van der Waals surface area contributed by atoms with Gasteiger partial charge in [0.15, 0.2) is 6.23 Å². The van der Waals surface area contributed by atoms with Gasteiger partial charge < -0.3 is 29.0 Å². The monoisotopic (exact) mass is 683 g/mol. The Balaban J connectivity index is 1.46. The van der Waals surface area contributed by atoms with E-state index in [2.05, 4.69) is 5.32 Å². The van der Waals surface area contributed by atoms with Gasteiger partial charge in [-0.25, -0.2) is 0 Å². The summed E-state index contributed by atoms with van der Waals surface area (Å²) < 4.78 is 30.1. The topological polar surface area (TPSA) is 75.3 Å². The number of hydrogen-bond donors (Lipinski definition) is 1. The number of amides is 1. The fraction of sp³-hybridized carbons (Fsp3) is 0.306. The van der Waals surface area contributed by atoms with E-state index in [0.717, 1.165) is 22.3 Å². The van der Waals surface area contributed by atoms with Crippen LogP contribution in [0.4, 0.5) is 0 Å². The van der Waals surface area contributed by atoms with Crippen LogP contribution in [0.15, 0.2) is 121 Å². The van der Waals surface area contributed by atoms with Crippen molar-refractivity contribution in [2.45, 2.75) is 60.9 Å². The van der Waals surface area contributed by atoms with Crippen molar-refractivity contribution in [3.8, 4) is 0 Å². The van der Waals surface area contributed by atoms with Crippen LogP contribution >= 0.6 is 34.8 Å². The van der Waals surface area contributed by atoms with Crippen molar-refractivity contribution in [3.63, 3.8) is 0 Å². The lowest BCUT2D eigenvalue weighted by Gasteiger charge is -2.46. The zero-order valence-electron chi connectivity index (χ0n) is 25.1. The Labute approximate surface area is 284 Å². The van der Waals surface area contributed by atoms with Crippen LogP contribution in [0, 0.1) is 0 Å². The summed E-state index contributed by atoms with van der Waals surface area (Å²) in [6.45, 7) is 1.23. The molecule has 5 atom stereocenters. The van der Waals surface area contributed by atoms with Crippen LogP contribution in [0.5, 0.6) is 0 Å². The predicted molar refractivity (Wildman–Crippen MR) is 178 cm³/mol. The fourth-order valence-corrected chi connectivity index (χ4v) is 5.28. The SMILES string of the molecule is O=C(N[C@@H]1O[C@H](COCc2ccccc2)[C@@H](OCc2ccccc2)[C@H](OCc2ccccc2)[C@@H]1OCc1ccccc1)C(Cl)(Cl)Cl. The van der Waals surface area contributed by atoms with Gasteiger partial charge in [-0.2, -0.15) is 0 Å². The molecule has 46 heavy (non-hydrogen) atoms. The Morgan fingerprint density at radius 3 is 1.41 bits per heavy atom. The van der Waals surface area contributed by atoms with E-state index in [1.807, 2.05) is 121 Å². The molecule has 0 radical (unpaired) electrons. The average molecular weight is 685 g/mol. The maximum atomic E-state index is 13.0. The number of carbonyl (C=O) groups excluding carboxylic acids is 1. The predicted octanol–water partition coefficient (Wildman–Crippen LogP) is 7.17. The highest BCUT2D eigenvalue weighted by atomic mass is 35.6. The van der Waals surface area contributed by atoms with E-state index in [9.17, 15) is 4.79 Å². The molecular formula is C36H36Cl3NO6. The summed E-state index contributed by atoms with van der Waals surface area (Å²) in [5, 5.41) is 2.73. The third-order valence-corrected chi connectivity index (χ3v) is 7.93. The van der Waals surface area contributed by atoms with Crippen LogP contribution < -0.4 is 5.32 Å².